The Hall–Kier alpha value is -1.63. The van der Waals surface area contributed by atoms with E-state index in [4.69, 9.17) is 18.6 Å². The van der Waals surface area contributed by atoms with Gasteiger partial charge >= 0.3 is 5.97 Å². The summed E-state index contributed by atoms with van der Waals surface area (Å²) in [6.45, 7) is 14.8. The molecule has 0 N–H and O–H groups in total. The molecule has 5 nitrogen and oxygen atoms in total. The van der Waals surface area contributed by atoms with E-state index in [1.54, 1.807) is 13.2 Å². The van der Waals surface area contributed by atoms with Crippen LogP contribution in [-0.2, 0) is 25.3 Å². The summed E-state index contributed by atoms with van der Waals surface area (Å²) in [5.74, 6) is 0.297. The van der Waals surface area contributed by atoms with Crippen molar-refractivity contribution in [1.29, 1.82) is 0 Å². The lowest BCUT2D eigenvalue weighted by atomic mass is 10.2. The summed E-state index contributed by atoms with van der Waals surface area (Å²) in [6, 6.07) is 7.49. The second-order valence-corrected chi connectivity index (χ2v) is 12.4. The number of rotatable bonds is 9. The van der Waals surface area contributed by atoms with Crippen molar-refractivity contribution in [3.05, 3.63) is 42.5 Å². The fourth-order valence-corrected chi connectivity index (χ4v) is 3.33. The SMILES string of the molecule is C=C[C@H](O[Si](C)(C)C(C)(C)C)[C@@H](OCc1ccc(OC)cc1)C(=O)OC. The first-order valence-electron chi connectivity index (χ1n) is 8.68. The lowest BCUT2D eigenvalue weighted by Crippen LogP contribution is -2.49. The fraction of sp³-hybridized carbons (Fsp3) is 0.550. The average Bonchev–Trinajstić information content (AvgIpc) is 2.59. The summed E-state index contributed by atoms with van der Waals surface area (Å²) in [4.78, 5) is 12.3. The minimum Gasteiger partial charge on any atom is -0.497 e. The summed E-state index contributed by atoms with van der Waals surface area (Å²) in [5.41, 5.74) is 0.926. The second-order valence-electron chi connectivity index (χ2n) is 7.68. The van der Waals surface area contributed by atoms with Gasteiger partial charge in [0.25, 0.3) is 0 Å². The van der Waals surface area contributed by atoms with E-state index in [9.17, 15) is 4.79 Å². The number of hydrogen-bond donors (Lipinski definition) is 0. The van der Waals surface area contributed by atoms with E-state index >= 15 is 0 Å². The van der Waals surface area contributed by atoms with Crippen LogP contribution in [0.1, 0.15) is 26.3 Å². The van der Waals surface area contributed by atoms with Gasteiger partial charge in [-0.25, -0.2) is 4.79 Å². The molecule has 0 unspecified atom stereocenters. The van der Waals surface area contributed by atoms with Gasteiger partial charge in [0.15, 0.2) is 14.4 Å². The molecule has 0 aromatic heterocycles. The zero-order valence-electron chi connectivity index (χ0n) is 17.0. The maximum Gasteiger partial charge on any atom is 0.338 e. The molecule has 1 aromatic carbocycles. The molecule has 0 fully saturated rings. The topological polar surface area (TPSA) is 54.0 Å². The third-order valence-electron chi connectivity index (χ3n) is 4.79. The molecule has 2 atom stereocenters. The summed E-state index contributed by atoms with van der Waals surface area (Å²) in [7, 11) is 0.856. The number of ether oxygens (including phenoxy) is 3. The minimum atomic E-state index is -2.11. The van der Waals surface area contributed by atoms with Gasteiger partial charge in [0, 0.05) is 0 Å². The van der Waals surface area contributed by atoms with Crippen molar-refractivity contribution in [3.8, 4) is 5.75 Å². The van der Waals surface area contributed by atoms with Gasteiger partial charge in [-0.15, -0.1) is 6.58 Å². The highest BCUT2D eigenvalue weighted by molar-refractivity contribution is 6.74. The van der Waals surface area contributed by atoms with E-state index in [1.807, 2.05) is 24.3 Å². The molecule has 0 heterocycles. The summed E-state index contributed by atoms with van der Waals surface area (Å²) >= 11 is 0. The normalized spacial score (nSPS) is 14.4. The third kappa shape index (κ3) is 5.97. The van der Waals surface area contributed by atoms with Crippen molar-refractivity contribution < 1.29 is 23.4 Å². The zero-order valence-corrected chi connectivity index (χ0v) is 18.0. The van der Waals surface area contributed by atoms with Crippen LogP contribution in [0.2, 0.25) is 18.1 Å². The maximum absolute atomic E-state index is 12.3. The highest BCUT2D eigenvalue weighted by Crippen LogP contribution is 2.38. The molecular weight excluding hydrogens is 348 g/mol. The highest BCUT2D eigenvalue weighted by atomic mass is 28.4. The molecule has 0 bridgehead atoms. The molecule has 0 radical (unpaired) electrons. The molecule has 26 heavy (non-hydrogen) atoms. The van der Waals surface area contributed by atoms with E-state index in [0.717, 1.165) is 11.3 Å². The fourth-order valence-electron chi connectivity index (χ4n) is 2.07. The molecule has 0 amide bonds. The van der Waals surface area contributed by atoms with E-state index in [-0.39, 0.29) is 11.6 Å². The van der Waals surface area contributed by atoms with E-state index in [1.165, 1.54) is 7.11 Å². The van der Waals surface area contributed by atoms with Gasteiger partial charge < -0.3 is 18.6 Å². The van der Waals surface area contributed by atoms with Crippen LogP contribution in [0.15, 0.2) is 36.9 Å². The smallest absolute Gasteiger partial charge is 0.338 e. The van der Waals surface area contributed by atoms with Crippen LogP contribution in [-0.4, -0.2) is 40.7 Å². The van der Waals surface area contributed by atoms with Crippen LogP contribution < -0.4 is 4.74 Å². The van der Waals surface area contributed by atoms with Crippen LogP contribution in [0.25, 0.3) is 0 Å². The molecular formula is C20H32O5Si. The van der Waals surface area contributed by atoms with Crippen LogP contribution in [0.5, 0.6) is 5.75 Å². The number of hydrogen-bond acceptors (Lipinski definition) is 5. The van der Waals surface area contributed by atoms with Crippen molar-refractivity contribution in [2.45, 2.75) is 57.7 Å². The van der Waals surface area contributed by atoms with Crippen molar-refractivity contribution in [2.75, 3.05) is 14.2 Å². The third-order valence-corrected chi connectivity index (χ3v) is 9.26. The monoisotopic (exact) mass is 380 g/mol. The van der Waals surface area contributed by atoms with Gasteiger partial charge in [-0.2, -0.15) is 0 Å². The predicted octanol–water partition coefficient (Wildman–Crippen LogP) is 4.33. The second kappa shape index (κ2) is 9.35. The Morgan fingerprint density at radius 2 is 1.77 bits per heavy atom. The molecule has 0 saturated heterocycles. The van der Waals surface area contributed by atoms with E-state index in [0.29, 0.717) is 0 Å². The van der Waals surface area contributed by atoms with Gasteiger partial charge in [0.05, 0.1) is 20.8 Å². The van der Waals surface area contributed by atoms with Crippen LogP contribution in [0.3, 0.4) is 0 Å². The van der Waals surface area contributed by atoms with Crippen molar-refractivity contribution in [1.82, 2.24) is 0 Å². The van der Waals surface area contributed by atoms with Crippen molar-refractivity contribution in [2.24, 2.45) is 0 Å². The lowest BCUT2D eigenvalue weighted by molar-refractivity contribution is -0.160. The predicted molar refractivity (Wildman–Crippen MR) is 106 cm³/mol. The Labute approximate surface area is 158 Å². The van der Waals surface area contributed by atoms with Crippen LogP contribution in [0, 0.1) is 0 Å². The Balaban J connectivity index is 2.92. The number of carbonyl (C=O) groups is 1. The maximum atomic E-state index is 12.3. The first-order chi connectivity index (χ1) is 12.1. The van der Waals surface area contributed by atoms with Gasteiger partial charge in [0.2, 0.25) is 0 Å². The average molecular weight is 381 g/mol. The summed E-state index contributed by atoms with van der Waals surface area (Å²) in [5, 5.41) is 0.00487. The Morgan fingerprint density at radius 3 is 2.19 bits per heavy atom. The van der Waals surface area contributed by atoms with Crippen molar-refractivity contribution >= 4 is 14.3 Å². The zero-order chi connectivity index (χ0) is 20.0. The molecule has 1 aromatic rings. The number of methoxy groups -OCH3 is 2. The standard InChI is InChI=1S/C20H32O5Si/c1-9-17(25-26(7,8)20(2,3)4)18(19(21)23-6)24-14-15-10-12-16(22-5)13-11-15/h9-13,17-18H,1,14H2,2-8H3/t17-,18+/m0/s1. The summed E-state index contributed by atoms with van der Waals surface area (Å²) in [6.07, 6.45) is 0.186. The van der Waals surface area contributed by atoms with Gasteiger partial charge in [-0.1, -0.05) is 39.0 Å². The molecule has 0 spiro atoms. The van der Waals surface area contributed by atoms with Crippen LogP contribution in [0.4, 0.5) is 0 Å². The van der Waals surface area contributed by atoms with E-state index in [2.05, 4.69) is 40.4 Å². The quantitative estimate of drug-likeness (QED) is 0.363. The van der Waals surface area contributed by atoms with Crippen LogP contribution >= 0.6 is 0 Å². The molecule has 0 aliphatic rings. The molecule has 146 valence electrons. The number of esters is 1. The van der Waals surface area contributed by atoms with Gasteiger partial charge in [-0.05, 0) is 35.8 Å². The lowest BCUT2D eigenvalue weighted by Gasteiger charge is -2.39. The largest absolute Gasteiger partial charge is 0.497 e. The molecule has 6 heteroatoms. The van der Waals surface area contributed by atoms with Gasteiger partial charge in [0.1, 0.15) is 11.9 Å². The van der Waals surface area contributed by atoms with Gasteiger partial charge in [-0.3, -0.25) is 0 Å². The minimum absolute atomic E-state index is 0.00487. The number of benzene rings is 1. The Bertz CT molecular complexity index is 589. The Kier molecular flexibility index (Phi) is 8.05. The first-order valence-corrected chi connectivity index (χ1v) is 11.6. The molecule has 0 aliphatic carbocycles. The van der Waals surface area contributed by atoms with E-state index < -0.39 is 26.5 Å². The molecule has 0 aliphatic heterocycles. The molecule has 1 rings (SSSR count). The number of carbonyl (C=O) groups excluding carboxylic acids is 1. The highest BCUT2D eigenvalue weighted by Gasteiger charge is 2.42. The summed E-state index contributed by atoms with van der Waals surface area (Å²) < 4.78 is 22.3. The Morgan fingerprint density at radius 1 is 1.19 bits per heavy atom. The molecule has 0 saturated carbocycles. The first kappa shape index (κ1) is 22.4. The van der Waals surface area contributed by atoms with Crippen molar-refractivity contribution in [3.63, 3.8) is 0 Å².